The SMILES string of the molecule is CCCCOC(=O)CC1C(=O)NCCN1C(=O)c1ccc(OCCCC)c(Br)c1. The number of nitrogens with one attached hydrogen (secondary N) is 1. The first kappa shape index (κ1) is 23.2. The number of rotatable bonds is 10. The molecule has 1 unspecified atom stereocenters. The van der Waals surface area contributed by atoms with Gasteiger partial charge < -0.3 is 19.7 Å². The molecule has 1 aliphatic heterocycles. The molecule has 2 rings (SSSR count). The van der Waals surface area contributed by atoms with Crippen LogP contribution in [0.25, 0.3) is 0 Å². The molecule has 1 fully saturated rings. The van der Waals surface area contributed by atoms with Gasteiger partial charge in [0.25, 0.3) is 5.91 Å². The lowest BCUT2D eigenvalue weighted by atomic mass is 10.1. The van der Waals surface area contributed by atoms with Crippen molar-refractivity contribution >= 4 is 33.7 Å². The predicted octanol–water partition coefficient (Wildman–Crippen LogP) is 3.30. The molecular weight excluding hydrogens is 440 g/mol. The summed E-state index contributed by atoms with van der Waals surface area (Å²) < 4.78 is 11.5. The maximum absolute atomic E-state index is 13.1. The van der Waals surface area contributed by atoms with Gasteiger partial charge in [-0.1, -0.05) is 26.7 Å². The Morgan fingerprint density at radius 2 is 1.93 bits per heavy atom. The van der Waals surface area contributed by atoms with Crippen molar-refractivity contribution in [1.82, 2.24) is 10.2 Å². The number of esters is 1. The summed E-state index contributed by atoms with van der Waals surface area (Å²) in [6.07, 6.45) is 3.51. The van der Waals surface area contributed by atoms with Crippen LogP contribution in [0.2, 0.25) is 0 Å². The lowest BCUT2D eigenvalue weighted by Gasteiger charge is -2.34. The normalized spacial score (nSPS) is 16.3. The smallest absolute Gasteiger partial charge is 0.308 e. The van der Waals surface area contributed by atoms with Gasteiger partial charge in [0.15, 0.2) is 0 Å². The Morgan fingerprint density at radius 3 is 2.62 bits per heavy atom. The van der Waals surface area contributed by atoms with Crippen LogP contribution in [0, 0.1) is 0 Å². The molecule has 1 N–H and O–H groups in total. The Hall–Kier alpha value is -2.09. The first-order chi connectivity index (χ1) is 14.0. The van der Waals surface area contributed by atoms with Crippen molar-refractivity contribution in [3.8, 4) is 5.75 Å². The van der Waals surface area contributed by atoms with Gasteiger partial charge in [-0.3, -0.25) is 14.4 Å². The number of hydrogen-bond acceptors (Lipinski definition) is 5. The third-order valence-electron chi connectivity index (χ3n) is 4.65. The second kappa shape index (κ2) is 11.8. The lowest BCUT2D eigenvalue weighted by Crippen LogP contribution is -2.57. The Morgan fingerprint density at radius 1 is 1.21 bits per heavy atom. The molecule has 0 spiro atoms. The zero-order valence-corrected chi connectivity index (χ0v) is 18.6. The number of piperazine rings is 1. The van der Waals surface area contributed by atoms with Crippen molar-refractivity contribution in [1.29, 1.82) is 0 Å². The maximum atomic E-state index is 13.1. The van der Waals surface area contributed by atoms with Gasteiger partial charge >= 0.3 is 5.97 Å². The number of hydrogen-bond donors (Lipinski definition) is 1. The second-order valence-electron chi connectivity index (χ2n) is 6.93. The largest absolute Gasteiger partial charge is 0.492 e. The van der Waals surface area contributed by atoms with E-state index >= 15 is 0 Å². The minimum atomic E-state index is -0.871. The van der Waals surface area contributed by atoms with E-state index in [1.54, 1.807) is 18.2 Å². The molecule has 2 amide bonds. The molecule has 0 aromatic heterocycles. The number of amides is 2. The van der Waals surface area contributed by atoms with Gasteiger partial charge in [0.2, 0.25) is 5.91 Å². The zero-order chi connectivity index (χ0) is 21.2. The minimum absolute atomic E-state index is 0.152. The zero-order valence-electron chi connectivity index (χ0n) is 17.0. The van der Waals surface area contributed by atoms with Crippen molar-refractivity contribution in [3.63, 3.8) is 0 Å². The van der Waals surface area contributed by atoms with Crippen LogP contribution in [0.1, 0.15) is 56.3 Å². The number of benzene rings is 1. The van der Waals surface area contributed by atoms with E-state index in [1.807, 2.05) is 6.92 Å². The molecule has 8 heteroatoms. The van der Waals surface area contributed by atoms with Crippen LogP contribution >= 0.6 is 15.9 Å². The molecular formula is C21H29BrN2O5. The molecule has 29 heavy (non-hydrogen) atoms. The Balaban J connectivity index is 2.08. The van der Waals surface area contributed by atoms with Gasteiger partial charge in [0, 0.05) is 18.7 Å². The quantitative estimate of drug-likeness (QED) is 0.420. The molecule has 0 aliphatic carbocycles. The van der Waals surface area contributed by atoms with Crippen LogP contribution in [-0.2, 0) is 14.3 Å². The fraction of sp³-hybridized carbons (Fsp3) is 0.571. The first-order valence-electron chi connectivity index (χ1n) is 10.1. The molecule has 1 atom stereocenters. The standard InChI is InChI=1S/C21H29BrN2O5/c1-3-5-11-28-18-8-7-15(13-16(18)22)21(27)24-10-9-23-20(26)17(24)14-19(25)29-12-6-4-2/h7-8,13,17H,3-6,9-12,14H2,1-2H3,(H,23,26). The summed E-state index contributed by atoms with van der Waals surface area (Å²) in [6, 6.07) is 4.24. The van der Waals surface area contributed by atoms with Gasteiger partial charge in [-0.15, -0.1) is 0 Å². The molecule has 1 aromatic rings. The molecule has 160 valence electrons. The highest BCUT2D eigenvalue weighted by atomic mass is 79.9. The Labute approximate surface area is 180 Å². The van der Waals surface area contributed by atoms with Crippen LogP contribution in [0.4, 0.5) is 0 Å². The van der Waals surface area contributed by atoms with Crippen molar-refractivity contribution in [2.75, 3.05) is 26.3 Å². The highest BCUT2D eigenvalue weighted by molar-refractivity contribution is 9.10. The summed E-state index contributed by atoms with van der Waals surface area (Å²) in [6.45, 7) is 5.71. The van der Waals surface area contributed by atoms with Crippen molar-refractivity contribution in [2.24, 2.45) is 0 Å². The van der Waals surface area contributed by atoms with E-state index < -0.39 is 12.0 Å². The average Bonchev–Trinajstić information content (AvgIpc) is 2.70. The van der Waals surface area contributed by atoms with E-state index in [0.29, 0.717) is 42.1 Å². The van der Waals surface area contributed by atoms with Crippen molar-refractivity contribution in [2.45, 2.75) is 52.0 Å². The molecule has 1 saturated heterocycles. The lowest BCUT2D eigenvalue weighted by molar-refractivity contribution is -0.147. The Bertz CT molecular complexity index is 725. The van der Waals surface area contributed by atoms with Crippen molar-refractivity contribution in [3.05, 3.63) is 28.2 Å². The van der Waals surface area contributed by atoms with Crippen LogP contribution in [-0.4, -0.2) is 55.0 Å². The Kier molecular flexibility index (Phi) is 9.44. The van der Waals surface area contributed by atoms with Gasteiger partial charge in [-0.2, -0.15) is 0 Å². The van der Waals surface area contributed by atoms with E-state index in [1.165, 1.54) is 4.90 Å². The molecule has 7 nitrogen and oxygen atoms in total. The molecule has 0 radical (unpaired) electrons. The monoisotopic (exact) mass is 468 g/mol. The highest BCUT2D eigenvalue weighted by Gasteiger charge is 2.35. The summed E-state index contributed by atoms with van der Waals surface area (Å²) in [5, 5.41) is 2.72. The second-order valence-corrected chi connectivity index (χ2v) is 7.79. The topological polar surface area (TPSA) is 84.9 Å². The summed E-state index contributed by atoms with van der Waals surface area (Å²) in [5.41, 5.74) is 0.429. The third-order valence-corrected chi connectivity index (χ3v) is 5.27. The molecule has 1 aromatic carbocycles. The van der Waals surface area contributed by atoms with Crippen LogP contribution in [0.3, 0.4) is 0 Å². The molecule has 0 bridgehead atoms. The minimum Gasteiger partial charge on any atom is -0.492 e. The van der Waals surface area contributed by atoms with Crippen LogP contribution in [0.15, 0.2) is 22.7 Å². The number of unbranched alkanes of at least 4 members (excludes halogenated alkanes) is 2. The summed E-state index contributed by atoms with van der Waals surface area (Å²) in [7, 11) is 0. The fourth-order valence-corrected chi connectivity index (χ4v) is 3.44. The summed E-state index contributed by atoms with van der Waals surface area (Å²) in [4.78, 5) is 38.9. The first-order valence-corrected chi connectivity index (χ1v) is 10.9. The number of carbonyl (C=O) groups excluding carboxylic acids is 3. The van der Waals surface area contributed by atoms with Crippen LogP contribution < -0.4 is 10.1 Å². The van der Waals surface area contributed by atoms with Crippen LogP contribution in [0.5, 0.6) is 5.75 Å². The van der Waals surface area contributed by atoms with E-state index in [0.717, 1.165) is 25.7 Å². The van der Waals surface area contributed by atoms with Crippen molar-refractivity contribution < 1.29 is 23.9 Å². The highest BCUT2D eigenvalue weighted by Crippen LogP contribution is 2.27. The number of nitrogens with zero attached hydrogens (tertiary/aromatic N) is 1. The fourth-order valence-electron chi connectivity index (χ4n) is 2.95. The van der Waals surface area contributed by atoms with E-state index in [2.05, 4.69) is 28.2 Å². The van der Waals surface area contributed by atoms with E-state index in [-0.39, 0.29) is 18.2 Å². The van der Waals surface area contributed by atoms with E-state index in [9.17, 15) is 14.4 Å². The number of carbonyl (C=O) groups is 3. The van der Waals surface area contributed by atoms with Gasteiger partial charge in [0.05, 0.1) is 24.1 Å². The summed E-state index contributed by atoms with van der Waals surface area (Å²) in [5.74, 6) is -0.441. The molecule has 0 saturated carbocycles. The molecule has 1 aliphatic rings. The third kappa shape index (κ3) is 6.73. The van der Waals surface area contributed by atoms with Gasteiger partial charge in [0.1, 0.15) is 11.8 Å². The molecule has 1 heterocycles. The van der Waals surface area contributed by atoms with Gasteiger partial charge in [-0.05, 0) is 47.0 Å². The number of halogens is 1. The average molecular weight is 469 g/mol. The number of ether oxygens (including phenoxy) is 2. The predicted molar refractivity (Wildman–Crippen MR) is 113 cm³/mol. The van der Waals surface area contributed by atoms with E-state index in [4.69, 9.17) is 9.47 Å². The van der Waals surface area contributed by atoms with Gasteiger partial charge in [-0.25, -0.2) is 0 Å². The summed E-state index contributed by atoms with van der Waals surface area (Å²) >= 11 is 3.44. The maximum Gasteiger partial charge on any atom is 0.308 e.